The van der Waals surface area contributed by atoms with Crippen LogP contribution < -0.4 is 4.74 Å². The number of fused-ring (bicyclic) bond motifs is 1. The van der Waals surface area contributed by atoms with E-state index in [1.807, 2.05) is 36.4 Å². The SMILES string of the molecule is Cc1cc(OCC(=O)N(C)Cc2nc3ccccc3[nH]2)ccc1C(C)C. The van der Waals surface area contributed by atoms with Crippen LogP contribution in [0.15, 0.2) is 42.5 Å². The molecule has 0 bridgehead atoms. The van der Waals surface area contributed by atoms with E-state index in [9.17, 15) is 4.79 Å². The Kier molecular flexibility index (Phi) is 5.26. The maximum atomic E-state index is 12.4. The van der Waals surface area contributed by atoms with Crippen molar-refractivity contribution in [1.82, 2.24) is 14.9 Å². The lowest BCUT2D eigenvalue weighted by atomic mass is 9.98. The number of ether oxygens (including phenoxy) is 1. The summed E-state index contributed by atoms with van der Waals surface area (Å²) >= 11 is 0. The van der Waals surface area contributed by atoms with E-state index in [4.69, 9.17) is 4.74 Å². The summed E-state index contributed by atoms with van der Waals surface area (Å²) in [4.78, 5) is 21.7. The first-order valence-electron chi connectivity index (χ1n) is 8.85. The number of nitrogens with zero attached hydrogens (tertiary/aromatic N) is 2. The van der Waals surface area contributed by atoms with Crippen LogP contribution in [0.2, 0.25) is 0 Å². The summed E-state index contributed by atoms with van der Waals surface area (Å²) in [7, 11) is 1.76. The molecule has 0 spiro atoms. The average Bonchev–Trinajstić information content (AvgIpc) is 3.01. The normalized spacial score (nSPS) is 11.1. The summed E-state index contributed by atoms with van der Waals surface area (Å²) in [5, 5.41) is 0. The van der Waals surface area contributed by atoms with Gasteiger partial charge in [0.25, 0.3) is 5.91 Å². The fourth-order valence-electron chi connectivity index (χ4n) is 3.03. The molecular weight excluding hydrogens is 326 g/mol. The second-order valence-electron chi connectivity index (χ2n) is 6.91. The quantitative estimate of drug-likeness (QED) is 0.729. The zero-order valence-corrected chi connectivity index (χ0v) is 15.7. The van der Waals surface area contributed by atoms with Gasteiger partial charge in [-0.2, -0.15) is 0 Å². The van der Waals surface area contributed by atoms with Gasteiger partial charge >= 0.3 is 0 Å². The molecule has 5 heteroatoms. The minimum absolute atomic E-state index is 0.0111. The van der Waals surface area contributed by atoms with Crippen LogP contribution in [-0.4, -0.2) is 34.4 Å². The van der Waals surface area contributed by atoms with Crippen molar-refractivity contribution in [3.63, 3.8) is 0 Å². The van der Waals surface area contributed by atoms with Gasteiger partial charge in [-0.15, -0.1) is 0 Å². The Morgan fingerprint density at radius 1 is 1.23 bits per heavy atom. The number of imidazole rings is 1. The third-order valence-electron chi connectivity index (χ3n) is 4.48. The predicted molar refractivity (Wildman–Crippen MR) is 103 cm³/mol. The molecule has 0 aliphatic rings. The molecule has 0 aliphatic heterocycles. The molecule has 1 N–H and O–H groups in total. The van der Waals surface area contributed by atoms with Crippen LogP contribution in [0.5, 0.6) is 5.75 Å². The summed E-state index contributed by atoms with van der Waals surface area (Å²) in [5.74, 6) is 1.87. The molecular formula is C21H25N3O2. The summed E-state index contributed by atoms with van der Waals surface area (Å²) in [6.07, 6.45) is 0. The average molecular weight is 351 g/mol. The van der Waals surface area contributed by atoms with Crippen LogP contribution in [-0.2, 0) is 11.3 Å². The topological polar surface area (TPSA) is 58.2 Å². The number of H-pyrrole nitrogens is 1. The van der Waals surface area contributed by atoms with Crippen molar-refractivity contribution in [2.45, 2.75) is 33.2 Å². The minimum Gasteiger partial charge on any atom is -0.484 e. The third-order valence-corrected chi connectivity index (χ3v) is 4.48. The molecule has 1 heterocycles. The van der Waals surface area contributed by atoms with E-state index in [1.165, 1.54) is 11.1 Å². The summed E-state index contributed by atoms with van der Waals surface area (Å²) in [5.41, 5.74) is 4.35. The number of carbonyl (C=O) groups is 1. The predicted octanol–water partition coefficient (Wildman–Crippen LogP) is 4.03. The van der Waals surface area contributed by atoms with Gasteiger partial charge in [0.1, 0.15) is 11.6 Å². The van der Waals surface area contributed by atoms with Crippen LogP contribution in [0.25, 0.3) is 11.0 Å². The molecule has 1 aromatic heterocycles. The highest BCUT2D eigenvalue weighted by Gasteiger charge is 2.13. The zero-order chi connectivity index (χ0) is 18.7. The Bertz CT molecular complexity index is 882. The number of aromatic amines is 1. The van der Waals surface area contributed by atoms with Crippen molar-refractivity contribution < 1.29 is 9.53 Å². The van der Waals surface area contributed by atoms with Gasteiger partial charge < -0.3 is 14.6 Å². The number of hydrogen-bond acceptors (Lipinski definition) is 3. The molecule has 2 aromatic carbocycles. The Labute approximate surface area is 154 Å². The maximum Gasteiger partial charge on any atom is 0.260 e. The third kappa shape index (κ3) is 4.04. The molecule has 0 saturated carbocycles. The summed E-state index contributed by atoms with van der Waals surface area (Å²) < 4.78 is 5.68. The van der Waals surface area contributed by atoms with Gasteiger partial charge in [-0.05, 0) is 48.2 Å². The Morgan fingerprint density at radius 2 is 2.00 bits per heavy atom. The highest BCUT2D eigenvalue weighted by molar-refractivity contribution is 5.78. The molecule has 0 aliphatic carbocycles. The second kappa shape index (κ2) is 7.60. The molecule has 26 heavy (non-hydrogen) atoms. The van der Waals surface area contributed by atoms with Gasteiger partial charge in [-0.1, -0.05) is 32.0 Å². The van der Waals surface area contributed by atoms with Crippen molar-refractivity contribution in [3.8, 4) is 5.75 Å². The molecule has 3 rings (SSSR count). The Morgan fingerprint density at radius 3 is 2.69 bits per heavy atom. The van der Waals surface area contributed by atoms with Crippen molar-refractivity contribution in [2.75, 3.05) is 13.7 Å². The number of carbonyl (C=O) groups excluding carboxylic acids is 1. The maximum absolute atomic E-state index is 12.4. The van der Waals surface area contributed by atoms with Gasteiger partial charge in [-0.3, -0.25) is 4.79 Å². The first-order chi connectivity index (χ1) is 12.4. The minimum atomic E-state index is -0.0870. The smallest absolute Gasteiger partial charge is 0.260 e. The van der Waals surface area contributed by atoms with Crippen LogP contribution in [0.4, 0.5) is 0 Å². The molecule has 0 radical (unpaired) electrons. The van der Waals surface area contributed by atoms with Gasteiger partial charge in [0.2, 0.25) is 0 Å². The Balaban J connectivity index is 1.58. The molecule has 0 atom stereocenters. The highest BCUT2D eigenvalue weighted by Crippen LogP contribution is 2.23. The first-order valence-corrected chi connectivity index (χ1v) is 8.85. The number of hydrogen-bond donors (Lipinski definition) is 1. The van der Waals surface area contributed by atoms with Crippen LogP contribution in [0, 0.1) is 6.92 Å². The lowest BCUT2D eigenvalue weighted by Gasteiger charge is -2.17. The van der Waals surface area contributed by atoms with Gasteiger partial charge in [-0.25, -0.2) is 4.98 Å². The summed E-state index contributed by atoms with van der Waals surface area (Å²) in [6.45, 7) is 6.83. The van der Waals surface area contributed by atoms with Crippen molar-refractivity contribution in [2.24, 2.45) is 0 Å². The fourth-order valence-corrected chi connectivity index (χ4v) is 3.03. The molecule has 5 nitrogen and oxygen atoms in total. The molecule has 0 saturated heterocycles. The van der Waals surface area contributed by atoms with E-state index >= 15 is 0 Å². The van der Waals surface area contributed by atoms with Crippen LogP contribution in [0.3, 0.4) is 0 Å². The number of rotatable bonds is 6. The van der Waals surface area contributed by atoms with Gasteiger partial charge in [0, 0.05) is 7.05 Å². The zero-order valence-electron chi connectivity index (χ0n) is 15.7. The number of benzene rings is 2. The number of para-hydroxylation sites is 2. The van der Waals surface area contributed by atoms with Crippen LogP contribution in [0.1, 0.15) is 36.7 Å². The van der Waals surface area contributed by atoms with E-state index < -0.39 is 0 Å². The first kappa shape index (κ1) is 18.0. The molecule has 3 aromatic rings. The number of aromatic nitrogens is 2. The monoisotopic (exact) mass is 351 g/mol. The van der Waals surface area contributed by atoms with Gasteiger partial charge in [0.15, 0.2) is 6.61 Å². The van der Waals surface area contributed by atoms with Gasteiger partial charge in [0.05, 0.1) is 17.6 Å². The molecule has 1 amide bonds. The number of likely N-dealkylation sites (N-methyl/N-ethyl adjacent to an activating group) is 1. The number of nitrogens with one attached hydrogen (secondary N) is 1. The van der Waals surface area contributed by atoms with E-state index in [1.54, 1.807) is 11.9 Å². The summed E-state index contributed by atoms with van der Waals surface area (Å²) in [6, 6.07) is 13.8. The van der Waals surface area contributed by atoms with E-state index in [2.05, 4.69) is 36.8 Å². The van der Waals surface area contributed by atoms with Crippen molar-refractivity contribution in [1.29, 1.82) is 0 Å². The Hall–Kier alpha value is -2.82. The lowest BCUT2D eigenvalue weighted by molar-refractivity contribution is -0.132. The number of aryl methyl sites for hydroxylation is 1. The van der Waals surface area contributed by atoms with Crippen molar-refractivity contribution in [3.05, 3.63) is 59.4 Å². The van der Waals surface area contributed by atoms with E-state index in [0.29, 0.717) is 12.5 Å². The largest absolute Gasteiger partial charge is 0.484 e. The van der Waals surface area contributed by atoms with E-state index in [-0.39, 0.29) is 12.5 Å². The second-order valence-corrected chi connectivity index (χ2v) is 6.91. The standard InChI is InChI=1S/C21H25N3O2/c1-14(2)17-10-9-16(11-15(17)3)26-13-21(25)24(4)12-20-22-18-7-5-6-8-19(18)23-20/h5-11,14H,12-13H2,1-4H3,(H,22,23). The van der Waals surface area contributed by atoms with Crippen molar-refractivity contribution >= 4 is 16.9 Å². The number of amides is 1. The fraction of sp³-hybridized carbons (Fsp3) is 0.333. The molecule has 136 valence electrons. The van der Waals surface area contributed by atoms with Crippen LogP contribution >= 0.6 is 0 Å². The van der Waals surface area contributed by atoms with E-state index in [0.717, 1.165) is 22.6 Å². The molecule has 0 unspecified atom stereocenters. The molecule has 0 fully saturated rings. The lowest BCUT2D eigenvalue weighted by Crippen LogP contribution is -2.31. The highest BCUT2D eigenvalue weighted by atomic mass is 16.5.